The average molecular weight is 375 g/mol. The molecule has 144 valence electrons. The first-order chi connectivity index (χ1) is 13.7. The van der Waals surface area contributed by atoms with Crippen LogP contribution in [0.1, 0.15) is 59.5 Å². The van der Waals surface area contributed by atoms with Crippen molar-refractivity contribution in [1.29, 1.82) is 0 Å². The van der Waals surface area contributed by atoms with Gasteiger partial charge < -0.3 is 14.0 Å². The molecule has 1 unspecified atom stereocenters. The largest absolute Gasteiger partial charge is 0.482 e. The third-order valence-electron chi connectivity index (χ3n) is 6.36. The average Bonchev–Trinajstić information content (AvgIpc) is 3.32. The fraction of sp³-hybridized carbons (Fsp3) is 0.391. The van der Waals surface area contributed by atoms with Crippen molar-refractivity contribution in [2.45, 2.75) is 51.7 Å². The summed E-state index contributed by atoms with van der Waals surface area (Å²) in [6, 6.07) is 10.5. The maximum atomic E-state index is 11.6. The van der Waals surface area contributed by atoms with Crippen LogP contribution in [-0.4, -0.2) is 27.2 Å². The molecule has 4 heterocycles. The van der Waals surface area contributed by atoms with Gasteiger partial charge in [0.05, 0.1) is 11.7 Å². The van der Waals surface area contributed by atoms with E-state index in [2.05, 4.69) is 41.8 Å². The molecule has 2 aliphatic heterocycles. The van der Waals surface area contributed by atoms with E-state index in [1.54, 1.807) is 0 Å². The van der Waals surface area contributed by atoms with Crippen LogP contribution in [-0.2, 0) is 11.2 Å². The van der Waals surface area contributed by atoms with Crippen molar-refractivity contribution < 1.29 is 9.53 Å². The molecule has 5 rings (SSSR count). The first-order valence-electron chi connectivity index (χ1n) is 10.1. The second-order valence-electron chi connectivity index (χ2n) is 7.93. The maximum absolute atomic E-state index is 11.6. The fourth-order valence-corrected chi connectivity index (χ4v) is 4.73. The summed E-state index contributed by atoms with van der Waals surface area (Å²) >= 11 is 0. The number of likely N-dealkylation sites (tertiary alicyclic amines) is 1. The number of benzene rings is 1. The minimum absolute atomic E-state index is 0.0378. The van der Waals surface area contributed by atoms with Crippen molar-refractivity contribution in [2.24, 2.45) is 0 Å². The number of aryl methyl sites for hydroxylation is 2. The van der Waals surface area contributed by atoms with Crippen molar-refractivity contribution in [2.75, 3.05) is 6.54 Å². The fourth-order valence-electron chi connectivity index (χ4n) is 4.73. The van der Waals surface area contributed by atoms with Crippen molar-refractivity contribution in [3.63, 3.8) is 0 Å². The Bertz CT molecular complexity index is 1040. The molecule has 1 saturated heterocycles. The number of hydrogen-bond acceptors (Lipinski definition) is 3. The highest BCUT2D eigenvalue weighted by Crippen LogP contribution is 2.44. The van der Waals surface area contributed by atoms with Crippen LogP contribution in [0.25, 0.3) is 5.65 Å². The number of hydrogen-bond donors (Lipinski definition) is 0. The lowest BCUT2D eigenvalue weighted by atomic mass is 9.92. The molecule has 5 nitrogen and oxygen atoms in total. The first-order valence-corrected chi connectivity index (χ1v) is 10.1. The van der Waals surface area contributed by atoms with Crippen LogP contribution in [0.15, 0.2) is 36.5 Å². The van der Waals surface area contributed by atoms with Crippen molar-refractivity contribution in [1.82, 2.24) is 14.3 Å². The van der Waals surface area contributed by atoms with Gasteiger partial charge in [-0.2, -0.15) is 0 Å². The van der Waals surface area contributed by atoms with Crippen LogP contribution in [0.2, 0.25) is 0 Å². The number of imidazole rings is 1. The Morgan fingerprint density at radius 3 is 2.79 bits per heavy atom. The third kappa shape index (κ3) is 2.60. The lowest BCUT2D eigenvalue weighted by Crippen LogP contribution is -2.25. The molecule has 1 aromatic carbocycles. The van der Waals surface area contributed by atoms with Crippen LogP contribution in [0, 0.1) is 13.8 Å². The summed E-state index contributed by atoms with van der Waals surface area (Å²) < 4.78 is 8.73. The third-order valence-corrected chi connectivity index (χ3v) is 6.36. The van der Waals surface area contributed by atoms with Gasteiger partial charge in [-0.25, -0.2) is 4.98 Å². The van der Waals surface area contributed by atoms with Crippen molar-refractivity contribution >= 4 is 12.1 Å². The second-order valence-corrected chi connectivity index (χ2v) is 7.93. The van der Waals surface area contributed by atoms with Gasteiger partial charge in [-0.05, 0) is 50.7 Å². The van der Waals surface area contributed by atoms with Gasteiger partial charge in [0.1, 0.15) is 6.10 Å². The number of fused-ring (bicyclic) bond motifs is 3. The molecule has 28 heavy (non-hydrogen) atoms. The number of nitrogens with zero attached hydrogens (tertiary/aromatic N) is 3. The van der Waals surface area contributed by atoms with Gasteiger partial charge in [-0.15, -0.1) is 0 Å². The predicted molar refractivity (Wildman–Crippen MR) is 108 cm³/mol. The minimum Gasteiger partial charge on any atom is -0.482 e. The Balaban J connectivity index is 1.67. The molecule has 0 radical (unpaired) electrons. The van der Waals surface area contributed by atoms with Crippen LogP contribution < -0.4 is 4.74 Å². The molecule has 2 aromatic heterocycles. The highest BCUT2D eigenvalue weighted by Gasteiger charge is 2.33. The molecule has 1 fully saturated rings. The molecular weight excluding hydrogens is 350 g/mol. The van der Waals surface area contributed by atoms with Gasteiger partial charge in [-0.1, -0.05) is 30.3 Å². The van der Waals surface area contributed by atoms with E-state index >= 15 is 0 Å². The van der Waals surface area contributed by atoms with E-state index in [1.807, 2.05) is 17.9 Å². The summed E-state index contributed by atoms with van der Waals surface area (Å²) in [5.41, 5.74) is 6.68. The van der Waals surface area contributed by atoms with E-state index in [-0.39, 0.29) is 12.1 Å². The maximum Gasteiger partial charge on any atom is 0.210 e. The number of pyridine rings is 1. The van der Waals surface area contributed by atoms with E-state index in [0.29, 0.717) is 0 Å². The summed E-state index contributed by atoms with van der Waals surface area (Å²) in [5, 5.41) is 0. The van der Waals surface area contributed by atoms with Gasteiger partial charge in [0, 0.05) is 24.0 Å². The number of ether oxygens (including phenoxy) is 1. The monoisotopic (exact) mass is 375 g/mol. The molecule has 1 amide bonds. The molecule has 5 heteroatoms. The Labute approximate surface area is 164 Å². The Morgan fingerprint density at radius 2 is 2.00 bits per heavy atom. The zero-order valence-electron chi connectivity index (χ0n) is 16.4. The number of carbonyl (C=O) groups is 1. The highest BCUT2D eigenvalue weighted by molar-refractivity contribution is 5.64. The predicted octanol–water partition coefficient (Wildman–Crippen LogP) is 4.31. The molecular formula is C23H25N3O2. The molecule has 2 atom stereocenters. The molecule has 2 aliphatic rings. The summed E-state index contributed by atoms with van der Waals surface area (Å²) in [4.78, 5) is 18.4. The summed E-state index contributed by atoms with van der Waals surface area (Å²) in [6.07, 6.45) is 7.16. The normalized spacial score (nSPS) is 21.6. The molecule has 0 spiro atoms. The lowest BCUT2D eigenvalue weighted by molar-refractivity contribution is -0.118. The van der Waals surface area contributed by atoms with Crippen LogP contribution >= 0.6 is 0 Å². The number of carbonyl (C=O) groups excluding carboxylic acids is 1. The Hall–Kier alpha value is -2.82. The SMILES string of the molecule is Cc1nc2c3c(c(C4CCCN4C=O)cn2c1C)CC[C@@H](c1ccccc1)O3. The first kappa shape index (κ1) is 17.3. The standard InChI is InChI=1S/C23H25N3O2/c1-15-16(2)26-13-19(20-9-6-12-25(20)14-27)18-10-11-21(17-7-4-3-5-8-17)28-22(18)23(26)24-15/h3-5,7-8,13-14,20-21H,6,9-12H2,1-2H3/t20?,21-/m0/s1. The molecule has 3 aromatic rings. The van der Waals surface area contributed by atoms with Crippen LogP contribution in [0.5, 0.6) is 5.75 Å². The number of rotatable bonds is 3. The smallest absolute Gasteiger partial charge is 0.210 e. The number of amides is 1. The summed E-state index contributed by atoms with van der Waals surface area (Å²) in [6.45, 7) is 4.96. The van der Waals surface area contributed by atoms with Gasteiger partial charge >= 0.3 is 0 Å². The highest BCUT2D eigenvalue weighted by atomic mass is 16.5. The van der Waals surface area contributed by atoms with E-state index in [1.165, 1.54) is 16.7 Å². The quantitative estimate of drug-likeness (QED) is 0.641. The van der Waals surface area contributed by atoms with Gasteiger partial charge in [0.15, 0.2) is 11.4 Å². The van der Waals surface area contributed by atoms with E-state index in [0.717, 1.165) is 61.4 Å². The minimum atomic E-state index is 0.0378. The van der Waals surface area contributed by atoms with E-state index in [4.69, 9.17) is 9.72 Å². The Kier molecular flexibility index (Phi) is 4.11. The second kappa shape index (κ2) is 6.66. The van der Waals surface area contributed by atoms with Gasteiger partial charge in [0.2, 0.25) is 6.41 Å². The number of aromatic nitrogens is 2. The van der Waals surface area contributed by atoms with Gasteiger partial charge in [-0.3, -0.25) is 4.79 Å². The zero-order chi connectivity index (χ0) is 19.3. The van der Waals surface area contributed by atoms with E-state index < -0.39 is 0 Å². The van der Waals surface area contributed by atoms with Crippen molar-refractivity contribution in [3.05, 3.63) is 64.6 Å². The van der Waals surface area contributed by atoms with Gasteiger partial charge in [0.25, 0.3) is 0 Å². The molecule has 0 aliphatic carbocycles. The zero-order valence-corrected chi connectivity index (χ0v) is 16.4. The topological polar surface area (TPSA) is 46.8 Å². The molecule has 0 N–H and O–H groups in total. The van der Waals surface area contributed by atoms with E-state index in [9.17, 15) is 4.79 Å². The molecule has 0 bridgehead atoms. The van der Waals surface area contributed by atoms with Crippen LogP contribution in [0.4, 0.5) is 0 Å². The Morgan fingerprint density at radius 1 is 1.18 bits per heavy atom. The lowest BCUT2D eigenvalue weighted by Gasteiger charge is -2.31. The summed E-state index contributed by atoms with van der Waals surface area (Å²) in [5.74, 6) is 0.895. The van der Waals surface area contributed by atoms with Crippen LogP contribution in [0.3, 0.4) is 0 Å². The molecule has 0 saturated carbocycles. The van der Waals surface area contributed by atoms with Crippen molar-refractivity contribution in [3.8, 4) is 5.75 Å². The summed E-state index contributed by atoms with van der Waals surface area (Å²) in [7, 11) is 0.